The highest BCUT2D eigenvalue weighted by molar-refractivity contribution is 5.73. The van der Waals surface area contributed by atoms with Crippen molar-refractivity contribution in [2.24, 2.45) is 11.8 Å². The van der Waals surface area contributed by atoms with Crippen molar-refractivity contribution in [1.82, 2.24) is 14.8 Å². The Morgan fingerprint density at radius 3 is 1.76 bits per heavy atom. The van der Waals surface area contributed by atoms with E-state index in [2.05, 4.69) is 21.8 Å². The van der Waals surface area contributed by atoms with Crippen LogP contribution >= 0.6 is 0 Å². The second-order valence-electron chi connectivity index (χ2n) is 10.6. The Labute approximate surface area is 256 Å². The normalized spacial score (nSPS) is 20.3. The van der Waals surface area contributed by atoms with Crippen LogP contribution in [-0.2, 0) is 19.1 Å². The molecular formula is C26H34F9N3O8. The minimum Gasteiger partial charge on any atom is -0.477 e. The van der Waals surface area contributed by atoms with Crippen LogP contribution in [0, 0.1) is 11.8 Å². The molecule has 20 heteroatoms. The zero-order valence-corrected chi connectivity index (χ0v) is 24.4. The molecule has 1 unspecified atom stereocenters. The van der Waals surface area contributed by atoms with Gasteiger partial charge in [0.2, 0.25) is 5.88 Å². The van der Waals surface area contributed by atoms with E-state index < -0.39 is 36.4 Å². The molecule has 1 aromatic heterocycles. The summed E-state index contributed by atoms with van der Waals surface area (Å²) in [5.41, 5.74) is 0.377. The Morgan fingerprint density at radius 2 is 1.35 bits per heavy atom. The van der Waals surface area contributed by atoms with Gasteiger partial charge in [0.15, 0.2) is 0 Å². The van der Waals surface area contributed by atoms with Crippen LogP contribution in [0.25, 0.3) is 0 Å². The number of hydrogen-bond acceptors (Lipinski definition) is 8. The molecule has 3 N–H and O–H groups in total. The summed E-state index contributed by atoms with van der Waals surface area (Å²) in [5, 5.41) is 21.4. The summed E-state index contributed by atoms with van der Waals surface area (Å²) in [6.45, 7) is 7.59. The smallest absolute Gasteiger partial charge is 0.477 e. The number of likely N-dealkylation sites (tertiary alicyclic amines) is 2. The first kappa shape index (κ1) is 40.6. The van der Waals surface area contributed by atoms with Crippen molar-refractivity contribution < 1.29 is 78.7 Å². The zero-order valence-electron chi connectivity index (χ0n) is 24.4. The van der Waals surface area contributed by atoms with Gasteiger partial charge in [-0.15, -0.1) is 0 Å². The number of halogens is 9. The number of aliphatic carboxylic acids is 3. The lowest BCUT2D eigenvalue weighted by Crippen LogP contribution is -2.72. The van der Waals surface area contributed by atoms with Crippen molar-refractivity contribution in [1.29, 1.82) is 0 Å². The first-order valence-electron chi connectivity index (χ1n) is 13.5. The minimum atomic E-state index is -5.08. The maximum Gasteiger partial charge on any atom is 0.490 e. The second kappa shape index (κ2) is 17.5. The van der Waals surface area contributed by atoms with Crippen LogP contribution in [0.1, 0.15) is 25.7 Å². The van der Waals surface area contributed by atoms with E-state index in [-0.39, 0.29) is 0 Å². The summed E-state index contributed by atoms with van der Waals surface area (Å²) in [7, 11) is 2.31. The fourth-order valence-electron chi connectivity index (χ4n) is 4.77. The molecule has 0 aliphatic carbocycles. The van der Waals surface area contributed by atoms with Gasteiger partial charge in [0.05, 0.1) is 6.61 Å². The van der Waals surface area contributed by atoms with Gasteiger partial charge in [-0.1, -0.05) is 6.07 Å². The number of carboxylic acids is 3. The molecule has 264 valence electrons. The highest BCUT2D eigenvalue weighted by Gasteiger charge is 2.49. The number of nitrogens with zero attached hydrogens (tertiary/aromatic N) is 3. The number of carboxylic acid groups (broad SMARTS) is 3. The van der Waals surface area contributed by atoms with E-state index in [0.717, 1.165) is 31.6 Å². The standard InChI is InChI=1S/C20H31N3O2.3C2HF3O2/c1-22-9-5-18(14-25-19-4-2-3-8-21-19)12-20(22)15-23(16-20)13-17-6-10-24-11-7-17;3*3-2(4,5)1(6)7/h2-4,8,17-18H,5-7,9-16H2,1H3;3*(H,6,7). The predicted octanol–water partition coefficient (Wildman–Crippen LogP) is 4.18. The summed E-state index contributed by atoms with van der Waals surface area (Å²) < 4.78 is 107. The first-order chi connectivity index (χ1) is 21.1. The third-order valence-corrected chi connectivity index (χ3v) is 7.08. The molecule has 0 radical (unpaired) electrons. The number of hydrogen-bond donors (Lipinski definition) is 3. The molecule has 3 fully saturated rings. The van der Waals surface area contributed by atoms with E-state index >= 15 is 0 Å². The van der Waals surface area contributed by atoms with Crippen molar-refractivity contribution in [3.05, 3.63) is 24.4 Å². The number of likely N-dealkylation sites (N-methyl/N-ethyl adjacent to an activating group) is 1. The molecule has 3 aliphatic heterocycles. The average Bonchev–Trinajstić information content (AvgIpc) is 2.93. The van der Waals surface area contributed by atoms with Crippen LogP contribution in [-0.4, -0.2) is 125 Å². The maximum absolute atomic E-state index is 10.6. The Hall–Kier alpha value is -3.39. The number of piperidine rings is 1. The molecule has 0 saturated carbocycles. The van der Waals surface area contributed by atoms with Crippen LogP contribution < -0.4 is 4.74 Å². The molecule has 1 aromatic rings. The molecule has 0 aromatic carbocycles. The number of ether oxygens (including phenoxy) is 2. The monoisotopic (exact) mass is 687 g/mol. The SMILES string of the molecule is CN1CCC(COc2ccccn2)CC12CN(CC1CCOCC1)C2.O=C(O)C(F)(F)F.O=C(O)C(F)(F)F.O=C(O)C(F)(F)F. The first-order valence-corrected chi connectivity index (χ1v) is 13.5. The molecule has 1 atom stereocenters. The zero-order chi connectivity index (χ0) is 35.3. The minimum absolute atomic E-state index is 0.377. The Morgan fingerprint density at radius 1 is 0.870 bits per heavy atom. The number of aromatic nitrogens is 1. The van der Waals surface area contributed by atoms with Crippen molar-refractivity contribution in [2.45, 2.75) is 49.8 Å². The van der Waals surface area contributed by atoms with Crippen LogP contribution in [0.4, 0.5) is 39.5 Å². The van der Waals surface area contributed by atoms with Crippen molar-refractivity contribution in [3.8, 4) is 5.88 Å². The third-order valence-electron chi connectivity index (χ3n) is 7.08. The molecule has 4 heterocycles. The quantitative estimate of drug-likeness (QED) is 0.383. The lowest BCUT2D eigenvalue weighted by atomic mass is 9.75. The molecule has 1 spiro atoms. The summed E-state index contributed by atoms with van der Waals surface area (Å²) in [5.74, 6) is -6.04. The molecule has 11 nitrogen and oxygen atoms in total. The second-order valence-corrected chi connectivity index (χ2v) is 10.6. The van der Waals surface area contributed by atoms with Gasteiger partial charge >= 0.3 is 36.4 Å². The number of pyridine rings is 1. The van der Waals surface area contributed by atoms with Gasteiger partial charge in [0.1, 0.15) is 0 Å². The molecule has 3 aliphatic rings. The molecule has 46 heavy (non-hydrogen) atoms. The van der Waals surface area contributed by atoms with Crippen LogP contribution in [0.5, 0.6) is 5.88 Å². The number of alkyl halides is 9. The molecule has 0 amide bonds. The lowest BCUT2D eigenvalue weighted by Gasteiger charge is -2.59. The Bertz CT molecular complexity index is 1040. The van der Waals surface area contributed by atoms with Crippen LogP contribution in [0.2, 0.25) is 0 Å². The molecule has 3 saturated heterocycles. The summed E-state index contributed by atoms with van der Waals surface area (Å²) in [4.78, 5) is 36.2. The van der Waals surface area contributed by atoms with Gasteiger partial charge in [0.25, 0.3) is 0 Å². The largest absolute Gasteiger partial charge is 0.490 e. The van der Waals surface area contributed by atoms with Gasteiger partial charge in [-0.25, -0.2) is 19.4 Å². The number of carbonyl (C=O) groups is 3. The topological polar surface area (TPSA) is 150 Å². The number of rotatable bonds is 5. The van der Waals surface area contributed by atoms with Crippen LogP contribution in [0.3, 0.4) is 0 Å². The van der Waals surface area contributed by atoms with E-state index in [1.165, 1.54) is 51.9 Å². The van der Waals surface area contributed by atoms with E-state index in [1.54, 1.807) is 6.20 Å². The van der Waals surface area contributed by atoms with Crippen molar-refractivity contribution in [3.63, 3.8) is 0 Å². The average molecular weight is 688 g/mol. The van der Waals surface area contributed by atoms with Gasteiger partial charge in [-0.2, -0.15) is 39.5 Å². The van der Waals surface area contributed by atoms with Gasteiger partial charge < -0.3 is 24.8 Å². The molecular weight excluding hydrogens is 653 g/mol. The highest BCUT2D eigenvalue weighted by atomic mass is 19.4. The predicted molar refractivity (Wildman–Crippen MR) is 139 cm³/mol. The lowest BCUT2D eigenvalue weighted by molar-refractivity contribution is -0.193. The van der Waals surface area contributed by atoms with E-state index in [4.69, 9.17) is 39.2 Å². The van der Waals surface area contributed by atoms with E-state index in [1.807, 2.05) is 18.2 Å². The summed E-state index contributed by atoms with van der Waals surface area (Å²) >= 11 is 0. The van der Waals surface area contributed by atoms with Crippen LogP contribution in [0.15, 0.2) is 24.4 Å². The molecule has 0 bridgehead atoms. The molecule has 4 rings (SSSR count). The maximum atomic E-state index is 10.6. The fraction of sp³-hybridized carbons (Fsp3) is 0.692. The summed E-state index contributed by atoms with van der Waals surface area (Å²) in [6.07, 6.45) is -8.50. The fourth-order valence-corrected chi connectivity index (χ4v) is 4.77. The van der Waals surface area contributed by atoms with E-state index in [0.29, 0.717) is 11.5 Å². The Kier molecular flexibility index (Phi) is 15.5. The van der Waals surface area contributed by atoms with E-state index in [9.17, 15) is 39.5 Å². The Balaban J connectivity index is 0.000000413. The van der Waals surface area contributed by atoms with Gasteiger partial charge in [0, 0.05) is 50.7 Å². The summed E-state index contributed by atoms with van der Waals surface area (Å²) in [6, 6.07) is 5.86. The van der Waals surface area contributed by atoms with Gasteiger partial charge in [-0.05, 0) is 57.2 Å². The highest BCUT2D eigenvalue weighted by Crippen LogP contribution is 2.39. The third kappa shape index (κ3) is 14.8. The van der Waals surface area contributed by atoms with Crippen molar-refractivity contribution >= 4 is 17.9 Å². The van der Waals surface area contributed by atoms with Gasteiger partial charge in [-0.3, -0.25) is 9.80 Å². The van der Waals surface area contributed by atoms with Crippen molar-refractivity contribution in [2.75, 3.05) is 53.0 Å².